The number of benzene rings is 1. The number of rotatable bonds is 7. The second-order valence-corrected chi connectivity index (χ2v) is 6.64. The fraction of sp³-hybridized carbons (Fsp3) is 0.571. The van der Waals surface area contributed by atoms with Crippen molar-refractivity contribution in [3.63, 3.8) is 0 Å². The fourth-order valence-electron chi connectivity index (χ4n) is 1.82. The van der Waals surface area contributed by atoms with Gasteiger partial charge in [-0.15, -0.1) is 0 Å². The quantitative estimate of drug-likeness (QED) is 0.833. The summed E-state index contributed by atoms with van der Waals surface area (Å²) < 4.78 is 26.9. The van der Waals surface area contributed by atoms with E-state index >= 15 is 0 Å². The van der Waals surface area contributed by atoms with Crippen LogP contribution < -0.4 is 4.72 Å². The number of hydrogen-bond acceptors (Lipinski definition) is 3. The van der Waals surface area contributed by atoms with Crippen molar-refractivity contribution in [2.75, 3.05) is 20.1 Å². The molecule has 1 atom stereocenters. The first-order chi connectivity index (χ1) is 8.88. The summed E-state index contributed by atoms with van der Waals surface area (Å²) in [5.74, 6) is 0. The number of nitrogens with zero attached hydrogens (tertiary/aromatic N) is 1. The molecule has 4 nitrogen and oxygen atoms in total. The van der Waals surface area contributed by atoms with Crippen LogP contribution >= 0.6 is 0 Å². The first-order valence-electron chi connectivity index (χ1n) is 6.64. The van der Waals surface area contributed by atoms with E-state index in [2.05, 4.69) is 23.5 Å². The van der Waals surface area contributed by atoms with Gasteiger partial charge in [-0.2, -0.15) is 0 Å². The molecule has 0 aromatic heterocycles. The highest BCUT2D eigenvalue weighted by Gasteiger charge is 2.16. The molecule has 0 aliphatic heterocycles. The van der Waals surface area contributed by atoms with Gasteiger partial charge in [-0.05, 0) is 38.9 Å². The molecular formula is C14H24N2O2S. The van der Waals surface area contributed by atoms with Crippen LogP contribution in [0.3, 0.4) is 0 Å². The number of sulfonamides is 1. The summed E-state index contributed by atoms with van der Waals surface area (Å²) >= 11 is 0. The normalized spacial score (nSPS) is 13.7. The average molecular weight is 284 g/mol. The van der Waals surface area contributed by atoms with Gasteiger partial charge in [0.05, 0.1) is 4.90 Å². The number of likely N-dealkylation sites (N-methyl/N-ethyl adjacent to an activating group) is 1. The van der Waals surface area contributed by atoms with Crippen LogP contribution in [0.5, 0.6) is 0 Å². The van der Waals surface area contributed by atoms with Gasteiger partial charge in [0.15, 0.2) is 0 Å². The Morgan fingerprint density at radius 2 is 1.95 bits per heavy atom. The van der Waals surface area contributed by atoms with E-state index in [-0.39, 0.29) is 0 Å². The number of nitrogens with one attached hydrogen (secondary N) is 1. The van der Waals surface area contributed by atoms with Gasteiger partial charge in [-0.25, -0.2) is 13.1 Å². The van der Waals surface area contributed by atoms with Crippen molar-refractivity contribution < 1.29 is 8.42 Å². The van der Waals surface area contributed by atoms with Gasteiger partial charge in [0.1, 0.15) is 0 Å². The smallest absolute Gasteiger partial charge is 0.240 e. The summed E-state index contributed by atoms with van der Waals surface area (Å²) in [7, 11) is -1.39. The fourth-order valence-corrected chi connectivity index (χ4v) is 3.09. The summed E-state index contributed by atoms with van der Waals surface area (Å²) in [5, 5.41) is 0. The maximum atomic E-state index is 12.1. The minimum absolute atomic E-state index is 0.362. The molecule has 0 radical (unpaired) electrons. The van der Waals surface area contributed by atoms with E-state index in [9.17, 15) is 8.42 Å². The molecule has 1 aromatic rings. The van der Waals surface area contributed by atoms with E-state index < -0.39 is 10.0 Å². The molecule has 0 amide bonds. The summed E-state index contributed by atoms with van der Waals surface area (Å²) in [6.07, 6.45) is 1.06. The van der Waals surface area contributed by atoms with E-state index in [0.717, 1.165) is 12.0 Å². The lowest BCUT2D eigenvalue weighted by Crippen LogP contribution is -2.37. The van der Waals surface area contributed by atoms with Crippen molar-refractivity contribution in [2.45, 2.75) is 38.1 Å². The van der Waals surface area contributed by atoms with Crippen LogP contribution in [0.4, 0.5) is 0 Å². The highest BCUT2D eigenvalue weighted by Crippen LogP contribution is 2.13. The monoisotopic (exact) mass is 284 g/mol. The van der Waals surface area contributed by atoms with Gasteiger partial charge in [0.2, 0.25) is 10.0 Å². The maximum absolute atomic E-state index is 12.1. The summed E-state index contributed by atoms with van der Waals surface area (Å²) in [6.45, 7) is 7.20. The number of aryl methyl sites for hydroxylation is 1. The number of hydrogen-bond donors (Lipinski definition) is 1. The van der Waals surface area contributed by atoms with Gasteiger partial charge in [-0.3, -0.25) is 0 Å². The van der Waals surface area contributed by atoms with Crippen molar-refractivity contribution in [2.24, 2.45) is 0 Å². The van der Waals surface area contributed by atoms with Crippen LogP contribution in [0, 0.1) is 6.92 Å². The topological polar surface area (TPSA) is 49.4 Å². The van der Waals surface area contributed by atoms with Crippen LogP contribution in [0.15, 0.2) is 29.2 Å². The van der Waals surface area contributed by atoms with E-state index in [0.29, 0.717) is 24.0 Å². The predicted molar refractivity (Wildman–Crippen MR) is 78.8 cm³/mol. The molecule has 0 spiro atoms. The van der Waals surface area contributed by atoms with Crippen LogP contribution in [0.2, 0.25) is 0 Å². The molecular weight excluding hydrogens is 260 g/mol. The third-order valence-corrected chi connectivity index (χ3v) is 5.10. The lowest BCUT2D eigenvalue weighted by Gasteiger charge is -2.23. The van der Waals surface area contributed by atoms with Crippen LogP contribution in [0.1, 0.15) is 25.8 Å². The average Bonchev–Trinajstić information content (AvgIpc) is 2.37. The Balaban J connectivity index is 2.60. The van der Waals surface area contributed by atoms with Crippen LogP contribution in [-0.2, 0) is 10.0 Å². The van der Waals surface area contributed by atoms with Gasteiger partial charge < -0.3 is 4.90 Å². The van der Waals surface area contributed by atoms with Crippen LogP contribution in [0.25, 0.3) is 0 Å². The first-order valence-corrected chi connectivity index (χ1v) is 8.12. The zero-order valence-electron chi connectivity index (χ0n) is 12.2. The Morgan fingerprint density at radius 3 is 2.53 bits per heavy atom. The second-order valence-electron chi connectivity index (χ2n) is 4.90. The molecule has 0 aliphatic carbocycles. The molecule has 0 aliphatic rings. The third kappa shape index (κ3) is 4.60. The van der Waals surface area contributed by atoms with Crippen LogP contribution in [-0.4, -0.2) is 39.5 Å². The molecule has 5 heteroatoms. The van der Waals surface area contributed by atoms with Crippen molar-refractivity contribution in [1.82, 2.24) is 9.62 Å². The molecule has 0 heterocycles. The molecule has 1 N–H and O–H groups in total. The second kappa shape index (κ2) is 7.03. The van der Waals surface area contributed by atoms with Gasteiger partial charge in [0.25, 0.3) is 0 Å². The summed E-state index contributed by atoms with van der Waals surface area (Å²) in [5.41, 5.74) is 0.769. The molecule has 1 unspecified atom stereocenters. The summed E-state index contributed by atoms with van der Waals surface area (Å²) in [4.78, 5) is 2.52. The van der Waals surface area contributed by atoms with Crippen molar-refractivity contribution in [3.8, 4) is 0 Å². The van der Waals surface area contributed by atoms with Crippen molar-refractivity contribution in [1.29, 1.82) is 0 Å². The Labute approximate surface area is 116 Å². The highest BCUT2D eigenvalue weighted by molar-refractivity contribution is 7.89. The zero-order chi connectivity index (χ0) is 14.5. The van der Waals surface area contributed by atoms with Gasteiger partial charge in [0, 0.05) is 19.1 Å². The Bertz CT molecular complexity index is 500. The molecule has 0 fully saturated rings. The Hall–Kier alpha value is -0.910. The van der Waals surface area contributed by atoms with Gasteiger partial charge >= 0.3 is 0 Å². The largest absolute Gasteiger partial charge is 0.302 e. The van der Waals surface area contributed by atoms with Crippen molar-refractivity contribution in [3.05, 3.63) is 29.8 Å². The molecule has 19 heavy (non-hydrogen) atoms. The van der Waals surface area contributed by atoms with Gasteiger partial charge in [-0.1, -0.05) is 25.1 Å². The lowest BCUT2D eigenvalue weighted by atomic mass is 10.2. The molecule has 1 rings (SSSR count). The minimum Gasteiger partial charge on any atom is -0.302 e. The molecule has 0 saturated carbocycles. The Morgan fingerprint density at radius 1 is 1.32 bits per heavy atom. The SMILES string of the molecule is CCC(C)N(C)CCNS(=O)(=O)c1ccccc1C. The molecule has 108 valence electrons. The lowest BCUT2D eigenvalue weighted by molar-refractivity contribution is 0.256. The van der Waals surface area contributed by atoms with E-state index in [4.69, 9.17) is 0 Å². The predicted octanol–water partition coefficient (Wildman–Crippen LogP) is 2.00. The molecule has 0 saturated heterocycles. The first kappa shape index (κ1) is 16.1. The molecule has 1 aromatic carbocycles. The minimum atomic E-state index is -3.40. The summed E-state index contributed by atoms with van der Waals surface area (Å²) in [6, 6.07) is 7.48. The standard InChI is InChI=1S/C14H24N2O2S/c1-5-13(3)16(4)11-10-15-19(17,18)14-9-7-6-8-12(14)2/h6-9,13,15H,5,10-11H2,1-4H3. The third-order valence-electron chi connectivity index (χ3n) is 3.48. The van der Waals surface area contributed by atoms with Crippen molar-refractivity contribution >= 4 is 10.0 Å². The Kier molecular flexibility index (Phi) is 5.97. The zero-order valence-corrected chi connectivity index (χ0v) is 13.0. The highest BCUT2D eigenvalue weighted by atomic mass is 32.2. The van der Waals surface area contributed by atoms with E-state index in [1.54, 1.807) is 25.1 Å². The van der Waals surface area contributed by atoms with E-state index in [1.807, 2.05) is 13.1 Å². The maximum Gasteiger partial charge on any atom is 0.240 e. The van der Waals surface area contributed by atoms with E-state index in [1.165, 1.54) is 0 Å². The molecule has 0 bridgehead atoms.